The second-order valence-electron chi connectivity index (χ2n) is 5.09. The molecule has 0 radical (unpaired) electrons. The van der Waals surface area contributed by atoms with E-state index in [4.69, 9.17) is 11.6 Å². The summed E-state index contributed by atoms with van der Waals surface area (Å²) in [6, 6.07) is 0. The molecule has 0 bridgehead atoms. The summed E-state index contributed by atoms with van der Waals surface area (Å²) in [5.74, 6) is -9.46. The molecule has 0 aromatic heterocycles. The summed E-state index contributed by atoms with van der Waals surface area (Å²) < 4.78 is 65.6. The first-order valence-corrected chi connectivity index (χ1v) is 7.17. The number of rotatable bonds is 2. The lowest BCUT2D eigenvalue weighted by molar-refractivity contribution is 0.383. The Morgan fingerprint density at radius 1 is 0.833 bits per heavy atom. The van der Waals surface area contributed by atoms with Gasteiger partial charge in [0.1, 0.15) is 0 Å². The van der Waals surface area contributed by atoms with Crippen molar-refractivity contribution in [2.24, 2.45) is 5.41 Å². The molecule has 0 aliphatic carbocycles. The highest BCUT2D eigenvalue weighted by molar-refractivity contribution is 6.65. The van der Waals surface area contributed by atoms with Gasteiger partial charge in [0.2, 0.25) is 5.82 Å². The molecule has 0 amide bonds. The van der Waals surface area contributed by atoms with E-state index < -0.39 is 54.2 Å². The topological polar surface area (TPSA) is 0 Å². The maximum absolute atomic E-state index is 13.4. The van der Waals surface area contributed by atoms with Crippen LogP contribution in [0.25, 0.3) is 0 Å². The van der Waals surface area contributed by atoms with Gasteiger partial charge in [-0.25, -0.2) is 22.0 Å². The molecule has 102 valence electrons. The minimum atomic E-state index is -2.13. The van der Waals surface area contributed by atoms with Gasteiger partial charge in [-0.15, -0.1) is 11.6 Å². The van der Waals surface area contributed by atoms with Gasteiger partial charge in [0, 0.05) is 10.2 Å². The summed E-state index contributed by atoms with van der Waals surface area (Å²) in [4.78, 5) is 0. The molecule has 18 heavy (non-hydrogen) atoms. The molecule has 0 N–H and O–H groups in total. The summed E-state index contributed by atoms with van der Waals surface area (Å²) in [5, 5.41) is -1.35. The summed E-state index contributed by atoms with van der Waals surface area (Å²) in [7, 11) is -1.84. The van der Waals surface area contributed by atoms with Crippen LogP contribution >= 0.6 is 11.6 Å². The second kappa shape index (κ2) is 5.17. The molecule has 7 heteroatoms. The first-order valence-electron chi connectivity index (χ1n) is 5.21. The van der Waals surface area contributed by atoms with Crippen molar-refractivity contribution in [3.05, 3.63) is 29.1 Å². The van der Waals surface area contributed by atoms with Crippen molar-refractivity contribution in [1.82, 2.24) is 0 Å². The van der Waals surface area contributed by atoms with Crippen molar-refractivity contribution < 1.29 is 22.0 Å². The molecule has 0 saturated carbocycles. The van der Waals surface area contributed by atoms with Crippen LogP contribution in [0, 0.1) is 34.5 Å². The lowest BCUT2D eigenvalue weighted by atomic mass is 10.00. The predicted octanol–water partition coefficient (Wildman–Crippen LogP) is 2.79. The van der Waals surface area contributed by atoms with Gasteiger partial charge in [-0.05, 0) is 5.41 Å². The third kappa shape index (κ3) is 2.85. The molecule has 1 aromatic carbocycles. The molecular formula is C11H12ClF5Si. The van der Waals surface area contributed by atoms with E-state index in [0.29, 0.717) is 0 Å². The van der Waals surface area contributed by atoms with Gasteiger partial charge in [-0.3, -0.25) is 0 Å². The Bertz CT molecular complexity index is 440. The van der Waals surface area contributed by atoms with Crippen molar-refractivity contribution in [2.45, 2.75) is 25.8 Å². The molecule has 0 nitrogen and oxygen atoms in total. The number of alkyl halides is 1. The van der Waals surface area contributed by atoms with Crippen molar-refractivity contribution in [3.8, 4) is 0 Å². The summed E-state index contributed by atoms with van der Waals surface area (Å²) in [5.41, 5.74) is -0.464. The Hall–Kier alpha value is -0.623. The zero-order valence-electron chi connectivity index (χ0n) is 10.1. The average molecular weight is 303 g/mol. The Labute approximate surface area is 109 Å². The summed E-state index contributed by atoms with van der Waals surface area (Å²) in [6.07, 6.45) is 0. The van der Waals surface area contributed by atoms with E-state index in [2.05, 4.69) is 0 Å². The number of halogens is 6. The molecular weight excluding hydrogens is 291 g/mol. The highest BCUT2D eigenvalue weighted by Gasteiger charge is 2.30. The van der Waals surface area contributed by atoms with Crippen LogP contribution in [0.3, 0.4) is 0 Å². The number of hydrogen-bond acceptors (Lipinski definition) is 0. The Morgan fingerprint density at radius 3 is 1.50 bits per heavy atom. The van der Waals surface area contributed by atoms with Gasteiger partial charge in [0.25, 0.3) is 0 Å². The third-order valence-electron chi connectivity index (χ3n) is 2.62. The molecule has 0 aliphatic rings. The van der Waals surface area contributed by atoms with Crippen LogP contribution in [0.15, 0.2) is 0 Å². The third-order valence-corrected chi connectivity index (χ3v) is 6.35. The maximum Gasteiger partial charge on any atom is 0.200 e. The van der Waals surface area contributed by atoms with Gasteiger partial charge >= 0.3 is 0 Å². The Morgan fingerprint density at radius 2 is 1.17 bits per heavy atom. The maximum atomic E-state index is 13.4. The second-order valence-corrected chi connectivity index (χ2v) is 8.06. The van der Waals surface area contributed by atoms with Gasteiger partial charge in [-0.2, -0.15) is 0 Å². The zero-order valence-corrected chi connectivity index (χ0v) is 12.2. The van der Waals surface area contributed by atoms with E-state index in [1.165, 1.54) is 0 Å². The van der Waals surface area contributed by atoms with Crippen LogP contribution in [0.1, 0.15) is 20.8 Å². The smallest absolute Gasteiger partial charge is 0.200 e. The van der Waals surface area contributed by atoms with Crippen molar-refractivity contribution >= 4 is 26.3 Å². The molecule has 1 aromatic rings. The summed E-state index contributed by atoms with van der Waals surface area (Å²) >= 11 is 5.97. The van der Waals surface area contributed by atoms with Crippen LogP contribution < -0.4 is 5.19 Å². The lowest BCUT2D eigenvalue weighted by Crippen LogP contribution is -2.38. The molecule has 0 saturated heterocycles. The van der Waals surface area contributed by atoms with E-state index in [1.807, 2.05) is 0 Å². The SMILES string of the molecule is CC(C)(C)C(Cl)[SiH2]c1c(F)c(F)c(F)c(F)c1F. The quantitative estimate of drug-likeness (QED) is 0.259. The minimum Gasteiger partial charge on any atom is -0.204 e. The van der Waals surface area contributed by atoms with Crippen LogP contribution in [0.4, 0.5) is 22.0 Å². The fourth-order valence-electron chi connectivity index (χ4n) is 1.31. The molecule has 0 heterocycles. The first kappa shape index (κ1) is 15.4. The largest absolute Gasteiger partial charge is 0.204 e. The van der Waals surface area contributed by atoms with Crippen LogP contribution in [-0.2, 0) is 0 Å². The van der Waals surface area contributed by atoms with Crippen molar-refractivity contribution in [1.29, 1.82) is 0 Å². The lowest BCUT2D eigenvalue weighted by Gasteiger charge is -2.25. The van der Waals surface area contributed by atoms with E-state index in [0.717, 1.165) is 0 Å². The van der Waals surface area contributed by atoms with E-state index in [-0.39, 0.29) is 0 Å². The van der Waals surface area contributed by atoms with Crippen molar-refractivity contribution in [2.75, 3.05) is 0 Å². The van der Waals surface area contributed by atoms with Gasteiger partial charge in [0.15, 0.2) is 23.3 Å². The molecule has 1 atom stereocenters. The average Bonchev–Trinajstić information content (AvgIpc) is 2.28. The fourth-order valence-corrected chi connectivity index (χ4v) is 3.42. The predicted molar refractivity (Wildman–Crippen MR) is 63.5 cm³/mol. The van der Waals surface area contributed by atoms with Crippen LogP contribution in [-0.4, -0.2) is 14.5 Å². The normalized spacial score (nSPS) is 14.5. The fraction of sp³-hybridized carbons (Fsp3) is 0.455. The summed E-state index contributed by atoms with van der Waals surface area (Å²) in [6.45, 7) is 5.22. The van der Waals surface area contributed by atoms with Gasteiger partial charge < -0.3 is 0 Å². The molecule has 1 unspecified atom stereocenters. The minimum absolute atomic E-state index is 0.464. The van der Waals surface area contributed by atoms with E-state index in [9.17, 15) is 22.0 Å². The van der Waals surface area contributed by atoms with E-state index in [1.54, 1.807) is 20.8 Å². The molecule has 1 rings (SSSR count). The van der Waals surface area contributed by atoms with Gasteiger partial charge in [0.05, 0.1) is 9.52 Å². The number of benzene rings is 1. The van der Waals surface area contributed by atoms with Crippen molar-refractivity contribution in [3.63, 3.8) is 0 Å². The zero-order chi connectivity index (χ0) is 14.2. The highest BCUT2D eigenvalue weighted by Crippen LogP contribution is 2.24. The molecule has 0 spiro atoms. The Kier molecular flexibility index (Phi) is 4.43. The first-order chi connectivity index (χ1) is 8.07. The monoisotopic (exact) mass is 302 g/mol. The van der Waals surface area contributed by atoms with E-state index >= 15 is 0 Å². The van der Waals surface area contributed by atoms with Gasteiger partial charge in [-0.1, -0.05) is 20.8 Å². The molecule has 0 fully saturated rings. The number of hydrogen-bond donors (Lipinski definition) is 0. The Balaban J connectivity index is 3.26. The molecule has 0 aliphatic heterocycles. The van der Waals surface area contributed by atoms with Crippen LogP contribution in [0.5, 0.6) is 0 Å². The highest BCUT2D eigenvalue weighted by atomic mass is 35.5. The van der Waals surface area contributed by atoms with Crippen LogP contribution in [0.2, 0.25) is 0 Å². The standard InChI is InChI=1S/C11H12ClF5Si/c1-11(2,3)10(12)18-9-7(16)5(14)4(13)6(15)8(9)17/h10H,18H2,1-3H3.